The fraction of sp³-hybridized carbons (Fsp3) is 0.0492. The monoisotopic (exact) mass is 844 g/mol. The first kappa shape index (κ1) is 36.9. The minimum absolute atomic E-state index is 0.104. The maximum absolute atomic E-state index is 6.97. The standard InChI is InChI=1S/C61H40N4O/c1-61(2)50-23-11-6-18-43(50)44-30-28-39(35-51(44)61)38-29-31-56-49(34-38)58-59(66-56)57(62-60(63-58)37-16-4-3-5-17-37)40-32-41(64-52-24-12-7-19-45(52)46-20-8-13-25-53(46)64)36-42(33-40)65-54-26-14-9-21-47(54)48-22-10-15-27-55(48)65/h3-36H,1-2H3. The van der Waals surface area contributed by atoms with Gasteiger partial charge < -0.3 is 13.6 Å². The van der Waals surface area contributed by atoms with Crippen molar-refractivity contribution in [1.29, 1.82) is 0 Å². The lowest BCUT2D eigenvalue weighted by Crippen LogP contribution is -2.14. The van der Waals surface area contributed by atoms with Crippen molar-refractivity contribution < 1.29 is 4.42 Å². The summed E-state index contributed by atoms with van der Waals surface area (Å²) in [6.07, 6.45) is 0. The normalized spacial score (nSPS) is 13.1. The van der Waals surface area contributed by atoms with Crippen molar-refractivity contribution >= 4 is 65.7 Å². The van der Waals surface area contributed by atoms with Gasteiger partial charge in [0.15, 0.2) is 11.4 Å². The van der Waals surface area contributed by atoms with Crippen LogP contribution in [0.25, 0.3) is 122 Å². The van der Waals surface area contributed by atoms with Crippen LogP contribution in [0.5, 0.6) is 0 Å². The lowest BCUT2D eigenvalue weighted by Gasteiger charge is -2.22. The van der Waals surface area contributed by atoms with Crippen molar-refractivity contribution in [3.05, 3.63) is 217 Å². The van der Waals surface area contributed by atoms with Crippen LogP contribution < -0.4 is 0 Å². The van der Waals surface area contributed by atoms with E-state index < -0.39 is 0 Å². The van der Waals surface area contributed by atoms with Gasteiger partial charge in [0.2, 0.25) is 0 Å². The quantitative estimate of drug-likeness (QED) is 0.173. The predicted molar refractivity (Wildman–Crippen MR) is 272 cm³/mol. The molecule has 0 bridgehead atoms. The molecular formula is C61H40N4O. The van der Waals surface area contributed by atoms with E-state index in [1.807, 2.05) is 18.2 Å². The van der Waals surface area contributed by atoms with E-state index in [-0.39, 0.29) is 5.41 Å². The van der Waals surface area contributed by atoms with Crippen LogP contribution in [0.2, 0.25) is 0 Å². The van der Waals surface area contributed by atoms with Crippen LogP contribution in [0.3, 0.4) is 0 Å². The van der Waals surface area contributed by atoms with Crippen molar-refractivity contribution in [1.82, 2.24) is 19.1 Å². The summed E-state index contributed by atoms with van der Waals surface area (Å²) in [5.74, 6) is 0.643. The van der Waals surface area contributed by atoms with E-state index in [0.29, 0.717) is 11.4 Å². The van der Waals surface area contributed by atoms with Crippen LogP contribution in [0, 0.1) is 0 Å². The van der Waals surface area contributed by atoms with Crippen molar-refractivity contribution in [2.24, 2.45) is 0 Å². The van der Waals surface area contributed by atoms with Gasteiger partial charge in [-0.05, 0) is 94.0 Å². The predicted octanol–water partition coefficient (Wildman–Crippen LogP) is 15.9. The van der Waals surface area contributed by atoms with Crippen LogP contribution in [0.15, 0.2) is 211 Å². The van der Waals surface area contributed by atoms with Gasteiger partial charge in [0, 0.05) is 54.8 Å². The SMILES string of the molecule is CC1(C)c2ccccc2-c2ccc(-c3ccc4oc5c(-c6cc(-n7c8ccccc8c8ccccc87)cc(-n7c8ccccc8c8ccccc87)c6)nc(-c6ccccc6)nc5c4c3)cc21. The summed E-state index contributed by atoms with van der Waals surface area (Å²) in [5.41, 5.74) is 18.9. The van der Waals surface area contributed by atoms with E-state index >= 15 is 0 Å². The largest absolute Gasteiger partial charge is 0.452 e. The molecule has 66 heavy (non-hydrogen) atoms. The van der Waals surface area contributed by atoms with Gasteiger partial charge in [-0.2, -0.15) is 0 Å². The first-order valence-corrected chi connectivity index (χ1v) is 22.6. The number of rotatable bonds is 5. The van der Waals surface area contributed by atoms with Gasteiger partial charge in [-0.15, -0.1) is 0 Å². The summed E-state index contributed by atoms with van der Waals surface area (Å²) in [5, 5.41) is 5.77. The molecule has 14 rings (SSSR count). The second-order valence-corrected chi connectivity index (χ2v) is 18.2. The summed E-state index contributed by atoms with van der Waals surface area (Å²) in [6.45, 7) is 4.67. The highest BCUT2D eigenvalue weighted by molar-refractivity contribution is 6.12. The van der Waals surface area contributed by atoms with Gasteiger partial charge in [-0.3, -0.25) is 0 Å². The van der Waals surface area contributed by atoms with Gasteiger partial charge in [-0.1, -0.05) is 159 Å². The molecule has 310 valence electrons. The Morgan fingerprint density at radius 1 is 0.394 bits per heavy atom. The first-order valence-electron chi connectivity index (χ1n) is 22.6. The number of furan rings is 1. The summed E-state index contributed by atoms with van der Waals surface area (Å²) in [6, 6.07) is 74.2. The third-order valence-electron chi connectivity index (χ3n) is 14.1. The number of nitrogens with zero attached hydrogens (tertiary/aromatic N) is 4. The molecule has 0 amide bonds. The first-order chi connectivity index (χ1) is 32.5. The molecule has 0 atom stereocenters. The number of benzene rings is 9. The molecule has 0 fully saturated rings. The molecule has 4 aromatic heterocycles. The van der Waals surface area contributed by atoms with Crippen LogP contribution in [0.1, 0.15) is 25.0 Å². The third-order valence-corrected chi connectivity index (χ3v) is 14.1. The average Bonchev–Trinajstić information content (AvgIpc) is 4.09. The molecule has 5 nitrogen and oxygen atoms in total. The Labute approximate surface area is 380 Å². The van der Waals surface area contributed by atoms with Gasteiger partial charge >= 0.3 is 0 Å². The smallest absolute Gasteiger partial charge is 0.180 e. The van der Waals surface area contributed by atoms with E-state index in [4.69, 9.17) is 14.4 Å². The molecule has 0 saturated heterocycles. The Kier molecular flexibility index (Phi) is 7.68. The number of fused-ring (bicyclic) bond motifs is 12. The van der Waals surface area contributed by atoms with Crippen molar-refractivity contribution in [2.75, 3.05) is 0 Å². The lowest BCUT2D eigenvalue weighted by molar-refractivity contribution is 0.660. The molecule has 5 heteroatoms. The van der Waals surface area contributed by atoms with Gasteiger partial charge in [0.05, 0.1) is 22.1 Å². The number of aromatic nitrogens is 4. The molecule has 1 aliphatic carbocycles. The highest BCUT2D eigenvalue weighted by Gasteiger charge is 2.35. The fourth-order valence-electron chi connectivity index (χ4n) is 11.0. The molecular weight excluding hydrogens is 805 g/mol. The van der Waals surface area contributed by atoms with Crippen LogP contribution in [-0.4, -0.2) is 19.1 Å². The molecule has 0 N–H and O–H groups in total. The summed E-state index contributed by atoms with van der Waals surface area (Å²) in [4.78, 5) is 10.8. The van der Waals surface area contributed by atoms with E-state index in [0.717, 1.165) is 77.9 Å². The molecule has 9 aromatic carbocycles. The molecule has 0 saturated carbocycles. The zero-order valence-corrected chi connectivity index (χ0v) is 36.3. The van der Waals surface area contributed by atoms with Gasteiger partial charge in [-0.25, -0.2) is 9.97 Å². The van der Waals surface area contributed by atoms with Gasteiger partial charge in [0.1, 0.15) is 16.8 Å². The molecule has 0 unspecified atom stereocenters. The van der Waals surface area contributed by atoms with E-state index in [9.17, 15) is 0 Å². The molecule has 0 aliphatic heterocycles. The number of para-hydroxylation sites is 4. The maximum Gasteiger partial charge on any atom is 0.180 e. The molecule has 13 aromatic rings. The zero-order valence-electron chi connectivity index (χ0n) is 36.3. The molecule has 0 spiro atoms. The second kappa shape index (κ2) is 13.7. The highest BCUT2D eigenvalue weighted by atomic mass is 16.3. The second-order valence-electron chi connectivity index (χ2n) is 18.2. The molecule has 0 radical (unpaired) electrons. The zero-order chi connectivity index (χ0) is 43.7. The topological polar surface area (TPSA) is 48.8 Å². The molecule has 4 heterocycles. The Bertz CT molecular complexity index is 3910. The third kappa shape index (κ3) is 5.28. The average molecular weight is 845 g/mol. The van der Waals surface area contributed by atoms with Crippen LogP contribution in [-0.2, 0) is 5.41 Å². The van der Waals surface area contributed by atoms with E-state index in [1.165, 1.54) is 43.8 Å². The number of hydrogen-bond acceptors (Lipinski definition) is 3. The van der Waals surface area contributed by atoms with E-state index in [2.05, 4.69) is 211 Å². The van der Waals surface area contributed by atoms with Crippen LogP contribution >= 0.6 is 0 Å². The Morgan fingerprint density at radius 2 is 0.909 bits per heavy atom. The minimum atomic E-state index is -0.104. The van der Waals surface area contributed by atoms with E-state index in [1.54, 1.807) is 0 Å². The van der Waals surface area contributed by atoms with Crippen molar-refractivity contribution in [3.63, 3.8) is 0 Å². The fourth-order valence-corrected chi connectivity index (χ4v) is 11.0. The highest BCUT2D eigenvalue weighted by Crippen LogP contribution is 2.50. The van der Waals surface area contributed by atoms with Crippen LogP contribution in [0.4, 0.5) is 0 Å². The van der Waals surface area contributed by atoms with Crippen molar-refractivity contribution in [2.45, 2.75) is 19.3 Å². The Balaban J connectivity index is 1.04. The lowest BCUT2D eigenvalue weighted by atomic mass is 9.81. The van der Waals surface area contributed by atoms with Gasteiger partial charge in [0.25, 0.3) is 0 Å². The summed E-state index contributed by atoms with van der Waals surface area (Å²) < 4.78 is 11.8. The minimum Gasteiger partial charge on any atom is -0.452 e. The molecule has 1 aliphatic rings. The maximum atomic E-state index is 6.97. The summed E-state index contributed by atoms with van der Waals surface area (Å²) in [7, 11) is 0. The van der Waals surface area contributed by atoms with Crippen molar-refractivity contribution in [3.8, 4) is 56.3 Å². The Morgan fingerprint density at radius 3 is 1.53 bits per heavy atom. The Hall–Kier alpha value is -8.54. The summed E-state index contributed by atoms with van der Waals surface area (Å²) >= 11 is 0. The number of hydrogen-bond donors (Lipinski definition) is 0.